The van der Waals surface area contributed by atoms with Crippen molar-refractivity contribution < 1.29 is 14.3 Å². The molecule has 7 heteroatoms. The van der Waals surface area contributed by atoms with Crippen LogP contribution >= 0.6 is 0 Å². The van der Waals surface area contributed by atoms with E-state index in [0.717, 1.165) is 55.5 Å². The lowest BCUT2D eigenvalue weighted by atomic mass is 10.1. The average molecular weight is 411 g/mol. The highest BCUT2D eigenvalue weighted by Crippen LogP contribution is 2.26. The van der Waals surface area contributed by atoms with Crippen LogP contribution in [0.1, 0.15) is 28.9 Å². The van der Waals surface area contributed by atoms with Crippen molar-refractivity contribution in [2.24, 2.45) is 0 Å². The van der Waals surface area contributed by atoms with E-state index < -0.39 is 0 Å². The van der Waals surface area contributed by atoms with Gasteiger partial charge in [0, 0.05) is 63.3 Å². The van der Waals surface area contributed by atoms with Gasteiger partial charge in [0.25, 0.3) is 5.91 Å². The predicted octanol–water partition coefficient (Wildman–Crippen LogP) is 2.66. The van der Waals surface area contributed by atoms with Crippen LogP contribution in [0.15, 0.2) is 36.5 Å². The molecule has 2 aliphatic rings. The maximum absolute atomic E-state index is 13.0. The fraction of sp³-hybridized carbons (Fsp3) is 0.478. The van der Waals surface area contributed by atoms with E-state index in [1.54, 1.807) is 20.4 Å². The molecule has 1 amide bonds. The summed E-state index contributed by atoms with van der Waals surface area (Å²) in [6, 6.07) is 9.81. The quantitative estimate of drug-likeness (QED) is 0.730. The third kappa shape index (κ3) is 4.51. The molecular weight excluding hydrogens is 380 g/mol. The second-order valence-corrected chi connectivity index (χ2v) is 7.84. The topological polar surface area (TPSA) is 58.1 Å². The summed E-state index contributed by atoms with van der Waals surface area (Å²) in [5, 5.41) is 0. The van der Waals surface area contributed by atoms with E-state index in [2.05, 4.69) is 14.8 Å². The number of piperazine rings is 1. The van der Waals surface area contributed by atoms with Gasteiger partial charge >= 0.3 is 0 Å². The number of carbonyl (C=O) groups excluding carboxylic acids is 1. The molecule has 1 aromatic heterocycles. The molecular formula is C23H30N4O3. The van der Waals surface area contributed by atoms with Gasteiger partial charge in [0.1, 0.15) is 17.2 Å². The van der Waals surface area contributed by atoms with Crippen molar-refractivity contribution in [3.05, 3.63) is 47.8 Å². The molecule has 0 unspecified atom stereocenters. The number of nitrogens with zero attached hydrogens (tertiary/aromatic N) is 4. The zero-order chi connectivity index (χ0) is 20.9. The number of hydrogen-bond acceptors (Lipinski definition) is 6. The van der Waals surface area contributed by atoms with Crippen molar-refractivity contribution in [3.63, 3.8) is 0 Å². The lowest BCUT2D eigenvalue weighted by Gasteiger charge is -2.35. The number of pyridine rings is 1. The van der Waals surface area contributed by atoms with Gasteiger partial charge in [-0.1, -0.05) is 0 Å². The molecule has 7 nitrogen and oxygen atoms in total. The predicted molar refractivity (Wildman–Crippen MR) is 116 cm³/mol. The number of anilines is 1. The highest BCUT2D eigenvalue weighted by molar-refractivity contribution is 5.93. The Balaban J connectivity index is 1.37. The van der Waals surface area contributed by atoms with Crippen LogP contribution in [0.2, 0.25) is 0 Å². The van der Waals surface area contributed by atoms with Gasteiger partial charge in [-0.15, -0.1) is 0 Å². The molecule has 2 aromatic rings. The largest absolute Gasteiger partial charge is 0.497 e. The van der Waals surface area contributed by atoms with Gasteiger partial charge in [-0.2, -0.15) is 0 Å². The van der Waals surface area contributed by atoms with Crippen LogP contribution in [0.5, 0.6) is 11.5 Å². The van der Waals surface area contributed by atoms with E-state index in [-0.39, 0.29) is 5.91 Å². The van der Waals surface area contributed by atoms with Crippen molar-refractivity contribution in [1.29, 1.82) is 0 Å². The number of hydrogen-bond donors (Lipinski definition) is 0. The van der Waals surface area contributed by atoms with Crippen molar-refractivity contribution >= 4 is 11.6 Å². The van der Waals surface area contributed by atoms with Crippen molar-refractivity contribution in [2.75, 3.05) is 58.4 Å². The number of aromatic nitrogens is 1. The molecule has 3 heterocycles. The van der Waals surface area contributed by atoms with E-state index >= 15 is 0 Å². The summed E-state index contributed by atoms with van der Waals surface area (Å²) < 4.78 is 10.8. The summed E-state index contributed by atoms with van der Waals surface area (Å²) in [4.78, 5) is 23.9. The molecule has 2 saturated heterocycles. The molecule has 0 bridgehead atoms. The second-order valence-electron chi connectivity index (χ2n) is 7.84. The minimum Gasteiger partial charge on any atom is -0.497 e. The maximum atomic E-state index is 13.0. The first-order valence-corrected chi connectivity index (χ1v) is 10.6. The Morgan fingerprint density at radius 1 is 0.967 bits per heavy atom. The Bertz CT molecular complexity index is 875. The number of amides is 1. The zero-order valence-electron chi connectivity index (χ0n) is 17.8. The number of benzene rings is 1. The molecule has 0 radical (unpaired) electrons. The second kappa shape index (κ2) is 9.34. The van der Waals surface area contributed by atoms with E-state index in [9.17, 15) is 4.79 Å². The SMILES string of the molecule is COc1ccc(OC)c(CN2CCN(C(=O)c3cc(N4CCCC4)ccn3)CC2)c1. The van der Waals surface area contributed by atoms with Crippen LogP contribution in [0.4, 0.5) is 5.69 Å². The van der Waals surface area contributed by atoms with Gasteiger partial charge in [0.05, 0.1) is 14.2 Å². The minimum absolute atomic E-state index is 0.0228. The summed E-state index contributed by atoms with van der Waals surface area (Å²) in [5.74, 6) is 1.70. The minimum atomic E-state index is 0.0228. The summed E-state index contributed by atoms with van der Waals surface area (Å²) in [6.07, 6.45) is 4.18. The number of carbonyl (C=O) groups is 1. The normalized spacial score (nSPS) is 17.3. The van der Waals surface area contributed by atoms with Crippen molar-refractivity contribution in [3.8, 4) is 11.5 Å². The number of rotatable bonds is 6. The van der Waals surface area contributed by atoms with Crippen LogP contribution in [0.25, 0.3) is 0 Å². The highest BCUT2D eigenvalue weighted by atomic mass is 16.5. The van der Waals surface area contributed by atoms with Gasteiger partial charge in [-0.3, -0.25) is 14.7 Å². The molecule has 4 rings (SSSR count). The Hall–Kier alpha value is -2.80. The van der Waals surface area contributed by atoms with Gasteiger partial charge in [0.2, 0.25) is 0 Å². The van der Waals surface area contributed by atoms with E-state index in [4.69, 9.17) is 9.47 Å². The van der Waals surface area contributed by atoms with Crippen molar-refractivity contribution in [1.82, 2.24) is 14.8 Å². The van der Waals surface area contributed by atoms with Crippen LogP contribution < -0.4 is 14.4 Å². The van der Waals surface area contributed by atoms with Crippen LogP contribution in [0, 0.1) is 0 Å². The van der Waals surface area contributed by atoms with Gasteiger partial charge in [-0.25, -0.2) is 0 Å². The maximum Gasteiger partial charge on any atom is 0.272 e. The lowest BCUT2D eigenvalue weighted by molar-refractivity contribution is 0.0621. The molecule has 0 atom stereocenters. The highest BCUT2D eigenvalue weighted by Gasteiger charge is 2.24. The summed E-state index contributed by atoms with van der Waals surface area (Å²) in [7, 11) is 3.36. The molecule has 1 aromatic carbocycles. The van der Waals surface area contributed by atoms with Crippen LogP contribution in [0.3, 0.4) is 0 Å². The zero-order valence-corrected chi connectivity index (χ0v) is 17.8. The molecule has 30 heavy (non-hydrogen) atoms. The molecule has 0 saturated carbocycles. The first-order valence-electron chi connectivity index (χ1n) is 10.6. The summed E-state index contributed by atoms with van der Waals surface area (Å²) in [5.41, 5.74) is 2.74. The first-order chi connectivity index (χ1) is 14.7. The Kier molecular flexibility index (Phi) is 6.38. The van der Waals surface area contributed by atoms with Crippen molar-refractivity contribution in [2.45, 2.75) is 19.4 Å². The Morgan fingerprint density at radius 2 is 1.73 bits per heavy atom. The van der Waals surface area contributed by atoms with Gasteiger partial charge < -0.3 is 19.3 Å². The third-order valence-corrected chi connectivity index (χ3v) is 5.97. The third-order valence-electron chi connectivity index (χ3n) is 5.97. The smallest absolute Gasteiger partial charge is 0.272 e. The summed E-state index contributed by atoms with van der Waals surface area (Å²) >= 11 is 0. The fourth-order valence-corrected chi connectivity index (χ4v) is 4.23. The Morgan fingerprint density at radius 3 is 2.43 bits per heavy atom. The number of ether oxygens (including phenoxy) is 2. The van der Waals surface area contributed by atoms with E-state index in [0.29, 0.717) is 18.8 Å². The molecule has 2 aliphatic heterocycles. The number of methoxy groups -OCH3 is 2. The molecule has 0 spiro atoms. The monoisotopic (exact) mass is 410 g/mol. The average Bonchev–Trinajstić information content (AvgIpc) is 3.34. The van der Waals surface area contributed by atoms with E-state index in [1.807, 2.05) is 35.2 Å². The first kappa shape index (κ1) is 20.5. The van der Waals surface area contributed by atoms with Gasteiger partial charge in [-0.05, 0) is 43.2 Å². The molecule has 0 N–H and O–H groups in total. The fourth-order valence-electron chi connectivity index (χ4n) is 4.23. The summed E-state index contributed by atoms with van der Waals surface area (Å²) in [6.45, 7) is 5.91. The molecule has 0 aliphatic carbocycles. The standard InChI is InChI=1S/C23H30N4O3/c1-29-20-5-6-22(30-2)18(15-20)17-25-11-13-27(14-12-25)23(28)21-16-19(7-8-24-21)26-9-3-4-10-26/h5-8,15-16H,3-4,9-14,17H2,1-2H3. The lowest BCUT2D eigenvalue weighted by Crippen LogP contribution is -2.48. The van der Waals surface area contributed by atoms with Crippen LogP contribution in [-0.2, 0) is 6.54 Å². The van der Waals surface area contributed by atoms with Crippen LogP contribution in [-0.4, -0.2) is 74.2 Å². The molecule has 160 valence electrons. The molecule has 2 fully saturated rings. The Labute approximate surface area is 178 Å². The van der Waals surface area contributed by atoms with E-state index in [1.165, 1.54) is 12.8 Å². The van der Waals surface area contributed by atoms with Gasteiger partial charge in [0.15, 0.2) is 0 Å².